The van der Waals surface area contributed by atoms with Crippen LogP contribution in [0, 0.1) is 0 Å². The van der Waals surface area contributed by atoms with E-state index in [0.29, 0.717) is 34.9 Å². The van der Waals surface area contributed by atoms with Crippen LogP contribution in [0.4, 0.5) is 24.7 Å². The van der Waals surface area contributed by atoms with E-state index < -0.39 is 11.7 Å². The standard InChI is InChI=1S/C27H18F3N5S/c28-27(29,30)18-12-10-17(11-13-18)14-35-16-31-23-25(32-19-6-2-1-3-7-19)33-24(34-26(23)35)21-15-36-22-9-5-4-8-20(21)22/h1-13,15-16H,14H2,(H,32,33,34). The molecule has 0 radical (unpaired) electrons. The average molecular weight is 502 g/mol. The molecule has 0 unspecified atom stereocenters. The summed E-state index contributed by atoms with van der Waals surface area (Å²) in [7, 11) is 0. The van der Waals surface area contributed by atoms with E-state index in [1.165, 1.54) is 12.1 Å². The summed E-state index contributed by atoms with van der Waals surface area (Å²) in [6.07, 6.45) is -2.73. The summed E-state index contributed by atoms with van der Waals surface area (Å²) in [6, 6.07) is 22.9. The number of halogens is 3. The largest absolute Gasteiger partial charge is 0.416 e. The monoisotopic (exact) mass is 501 g/mol. The summed E-state index contributed by atoms with van der Waals surface area (Å²) >= 11 is 1.62. The predicted molar refractivity (Wildman–Crippen MR) is 136 cm³/mol. The first-order valence-corrected chi connectivity index (χ1v) is 12.0. The molecule has 0 bridgehead atoms. The van der Waals surface area contributed by atoms with Gasteiger partial charge in [-0.25, -0.2) is 15.0 Å². The van der Waals surface area contributed by atoms with E-state index in [-0.39, 0.29) is 0 Å². The van der Waals surface area contributed by atoms with Crippen molar-refractivity contribution in [1.29, 1.82) is 0 Å². The maximum absolute atomic E-state index is 13.0. The van der Waals surface area contributed by atoms with Gasteiger partial charge in [-0.3, -0.25) is 0 Å². The van der Waals surface area contributed by atoms with Crippen molar-refractivity contribution < 1.29 is 13.2 Å². The molecule has 0 aliphatic heterocycles. The van der Waals surface area contributed by atoms with Gasteiger partial charge < -0.3 is 9.88 Å². The molecular formula is C27H18F3N5S. The van der Waals surface area contributed by atoms with Gasteiger partial charge in [0.15, 0.2) is 22.8 Å². The lowest BCUT2D eigenvalue weighted by Crippen LogP contribution is -2.06. The van der Waals surface area contributed by atoms with E-state index in [0.717, 1.165) is 33.5 Å². The number of fused-ring (bicyclic) bond motifs is 2. The summed E-state index contributed by atoms with van der Waals surface area (Å²) in [5.74, 6) is 1.11. The molecule has 0 fully saturated rings. The minimum absolute atomic E-state index is 0.320. The Labute approximate surface area is 207 Å². The Kier molecular flexibility index (Phi) is 5.41. The van der Waals surface area contributed by atoms with Gasteiger partial charge in [-0.2, -0.15) is 13.2 Å². The van der Waals surface area contributed by atoms with Crippen LogP contribution < -0.4 is 5.32 Å². The Hall–Kier alpha value is -4.24. The Morgan fingerprint density at radius 3 is 2.39 bits per heavy atom. The van der Waals surface area contributed by atoms with Gasteiger partial charge >= 0.3 is 6.18 Å². The molecule has 6 aromatic rings. The molecule has 6 rings (SSSR count). The number of hydrogen-bond acceptors (Lipinski definition) is 5. The van der Waals surface area contributed by atoms with Crippen LogP contribution in [0.2, 0.25) is 0 Å². The Morgan fingerprint density at radius 1 is 0.861 bits per heavy atom. The fourth-order valence-electron chi connectivity index (χ4n) is 4.07. The number of rotatable bonds is 5. The Morgan fingerprint density at radius 2 is 1.61 bits per heavy atom. The van der Waals surface area contributed by atoms with Crippen LogP contribution in [-0.4, -0.2) is 19.5 Å². The summed E-state index contributed by atoms with van der Waals surface area (Å²) in [6.45, 7) is 0.320. The van der Waals surface area contributed by atoms with E-state index in [4.69, 9.17) is 9.97 Å². The van der Waals surface area contributed by atoms with Crippen LogP contribution in [0.25, 0.3) is 32.6 Å². The van der Waals surface area contributed by atoms with Crippen molar-refractivity contribution in [1.82, 2.24) is 19.5 Å². The highest BCUT2D eigenvalue weighted by molar-refractivity contribution is 7.17. The number of aromatic nitrogens is 4. The van der Waals surface area contributed by atoms with E-state index in [9.17, 15) is 13.2 Å². The van der Waals surface area contributed by atoms with E-state index in [1.54, 1.807) is 17.7 Å². The first kappa shape index (κ1) is 22.2. The summed E-state index contributed by atoms with van der Waals surface area (Å²) in [5.41, 5.74) is 2.97. The SMILES string of the molecule is FC(F)(F)c1ccc(Cn2cnc3c(Nc4ccccc4)nc(-c4csc5ccccc45)nc32)cc1. The third-order valence-corrected chi connectivity index (χ3v) is 6.82. The van der Waals surface area contributed by atoms with Crippen molar-refractivity contribution >= 4 is 44.1 Å². The smallest absolute Gasteiger partial charge is 0.338 e. The van der Waals surface area contributed by atoms with Gasteiger partial charge in [0.05, 0.1) is 18.4 Å². The number of alkyl halides is 3. The van der Waals surface area contributed by atoms with Gasteiger partial charge in [0.1, 0.15) is 0 Å². The van der Waals surface area contributed by atoms with Crippen LogP contribution in [0.15, 0.2) is 90.6 Å². The molecule has 5 nitrogen and oxygen atoms in total. The number of anilines is 2. The molecule has 0 saturated carbocycles. The molecule has 0 atom stereocenters. The maximum atomic E-state index is 13.0. The zero-order chi connectivity index (χ0) is 24.7. The highest BCUT2D eigenvalue weighted by atomic mass is 32.1. The normalized spacial score (nSPS) is 11.9. The summed E-state index contributed by atoms with van der Waals surface area (Å²) in [4.78, 5) is 14.2. The quantitative estimate of drug-likeness (QED) is 0.265. The molecule has 0 spiro atoms. The number of imidazole rings is 1. The maximum Gasteiger partial charge on any atom is 0.416 e. The summed E-state index contributed by atoms with van der Waals surface area (Å²) < 4.78 is 41.9. The first-order chi connectivity index (χ1) is 17.5. The van der Waals surface area contributed by atoms with Crippen LogP contribution >= 0.6 is 11.3 Å². The molecule has 1 N–H and O–H groups in total. The predicted octanol–water partition coefficient (Wildman–Crippen LogP) is 7.52. The Bertz CT molecular complexity index is 1670. The molecule has 0 saturated heterocycles. The Balaban J connectivity index is 1.46. The number of nitrogens with zero attached hydrogens (tertiary/aromatic N) is 4. The molecule has 0 amide bonds. The minimum Gasteiger partial charge on any atom is -0.338 e. The fraction of sp³-hybridized carbons (Fsp3) is 0.0741. The molecular weight excluding hydrogens is 483 g/mol. The van der Waals surface area contributed by atoms with Gasteiger partial charge in [0.2, 0.25) is 0 Å². The van der Waals surface area contributed by atoms with Crippen molar-refractivity contribution in [2.45, 2.75) is 12.7 Å². The third-order valence-electron chi connectivity index (χ3n) is 5.86. The van der Waals surface area contributed by atoms with E-state index in [2.05, 4.69) is 16.4 Å². The molecule has 0 aliphatic carbocycles. The van der Waals surface area contributed by atoms with Gasteiger partial charge in [0, 0.05) is 26.7 Å². The number of hydrogen-bond donors (Lipinski definition) is 1. The second-order valence-electron chi connectivity index (χ2n) is 8.27. The van der Waals surface area contributed by atoms with Gasteiger partial charge in [-0.15, -0.1) is 11.3 Å². The zero-order valence-electron chi connectivity index (χ0n) is 18.7. The molecule has 3 aromatic heterocycles. The van der Waals surface area contributed by atoms with Crippen molar-refractivity contribution in [3.63, 3.8) is 0 Å². The zero-order valence-corrected chi connectivity index (χ0v) is 19.5. The van der Waals surface area contributed by atoms with Crippen LogP contribution in [0.5, 0.6) is 0 Å². The van der Waals surface area contributed by atoms with Crippen LogP contribution in [0.1, 0.15) is 11.1 Å². The minimum atomic E-state index is -4.37. The fourth-order valence-corrected chi connectivity index (χ4v) is 5.01. The lowest BCUT2D eigenvalue weighted by atomic mass is 10.1. The number of thiophene rings is 1. The number of nitrogens with one attached hydrogen (secondary N) is 1. The second-order valence-corrected chi connectivity index (χ2v) is 9.18. The topological polar surface area (TPSA) is 55.6 Å². The molecule has 3 aromatic carbocycles. The highest BCUT2D eigenvalue weighted by Gasteiger charge is 2.30. The molecule has 36 heavy (non-hydrogen) atoms. The first-order valence-electron chi connectivity index (χ1n) is 11.1. The lowest BCUT2D eigenvalue weighted by molar-refractivity contribution is -0.137. The van der Waals surface area contributed by atoms with Crippen molar-refractivity contribution in [2.75, 3.05) is 5.32 Å². The van der Waals surface area contributed by atoms with E-state index in [1.807, 2.05) is 58.5 Å². The van der Waals surface area contributed by atoms with Crippen LogP contribution in [0.3, 0.4) is 0 Å². The van der Waals surface area contributed by atoms with Gasteiger partial charge in [0.25, 0.3) is 0 Å². The van der Waals surface area contributed by atoms with Gasteiger partial charge in [-0.05, 0) is 35.9 Å². The average Bonchev–Trinajstić information content (AvgIpc) is 3.49. The van der Waals surface area contributed by atoms with Crippen molar-refractivity contribution in [3.05, 3.63) is 102 Å². The van der Waals surface area contributed by atoms with Crippen molar-refractivity contribution in [3.8, 4) is 11.4 Å². The molecule has 3 heterocycles. The van der Waals surface area contributed by atoms with Crippen molar-refractivity contribution in [2.24, 2.45) is 0 Å². The van der Waals surface area contributed by atoms with Gasteiger partial charge in [-0.1, -0.05) is 48.5 Å². The highest BCUT2D eigenvalue weighted by Crippen LogP contribution is 2.35. The molecule has 0 aliphatic rings. The molecule has 9 heteroatoms. The number of benzene rings is 3. The second kappa shape index (κ2) is 8.76. The number of para-hydroxylation sites is 1. The van der Waals surface area contributed by atoms with Crippen LogP contribution in [-0.2, 0) is 12.7 Å². The third kappa shape index (κ3) is 4.18. The summed E-state index contributed by atoms with van der Waals surface area (Å²) in [5, 5.41) is 6.44. The molecule has 178 valence electrons. The van der Waals surface area contributed by atoms with E-state index >= 15 is 0 Å². The lowest BCUT2D eigenvalue weighted by Gasteiger charge is -2.11.